The van der Waals surface area contributed by atoms with E-state index in [1.165, 1.54) is 13.0 Å². The van der Waals surface area contributed by atoms with Crippen LogP contribution in [-0.2, 0) is 16.6 Å². The lowest BCUT2D eigenvalue weighted by atomic mass is 10.3. The van der Waals surface area contributed by atoms with Gasteiger partial charge in [-0.15, -0.1) is 0 Å². The maximum Gasteiger partial charge on any atom is 0.252 e. The number of alkyl halides is 2. The van der Waals surface area contributed by atoms with Gasteiger partial charge >= 0.3 is 0 Å². The number of furan rings is 1. The molecule has 0 atom stereocenters. The maximum absolute atomic E-state index is 12.3. The first-order valence-electron chi connectivity index (χ1n) is 6.21. The molecule has 1 rings (SSSR count). The molecule has 116 valence electrons. The van der Waals surface area contributed by atoms with Gasteiger partial charge in [-0.25, -0.2) is 17.2 Å². The Morgan fingerprint density at radius 3 is 2.50 bits per heavy atom. The van der Waals surface area contributed by atoms with Gasteiger partial charge in [0.2, 0.25) is 10.0 Å². The highest BCUT2D eigenvalue weighted by molar-refractivity contribution is 7.89. The van der Waals surface area contributed by atoms with E-state index in [9.17, 15) is 17.2 Å². The van der Waals surface area contributed by atoms with Gasteiger partial charge in [0.1, 0.15) is 16.4 Å². The Labute approximate surface area is 118 Å². The van der Waals surface area contributed by atoms with Crippen LogP contribution in [0.3, 0.4) is 0 Å². The van der Waals surface area contributed by atoms with E-state index in [1.807, 2.05) is 13.8 Å². The van der Waals surface area contributed by atoms with E-state index in [-0.39, 0.29) is 16.7 Å². The summed E-state index contributed by atoms with van der Waals surface area (Å²) in [6.45, 7) is 4.94. The Bertz CT molecular complexity index is 541. The number of hydrogen-bond acceptors (Lipinski definition) is 4. The smallest absolute Gasteiger partial charge is 0.252 e. The monoisotopic (exact) mass is 310 g/mol. The SMILES string of the molecule is Cc1oc(CNC(C)C)cc1S(=O)(=O)N(C)CC(F)F. The van der Waals surface area contributed by atoms with Crippen molar-refractivity contribution < 1.29 is 21.6 Å². The van der Waals surface area contributed by atoms with Crippen molar-refractivity contribution in [2.45, 2.75) is 44.7 Å². The first-order valence-corrected chi connectivity index (χ1v) is 7.65. The first kappa shape index (κ1) is 17.1. The van der Waals surface area contributed by atoms with E-state index in [0.29, 0.717) is 16.6 Å². The van der Waals surface area contributed by atoms with E-state index in [1.54, 1.807) is 0 Å². The molecule has 0 saturated heterocycles. The molecule has 20 heavy (non-hydrogen) atoms. The molecule has 0 saturated carbocycles. The fourth-order valence-corrected chi connectivity index (χ4v) is 2.96. The second-order valence-corrected chi connectivity index (χ2v) is 6.86. The number of rotatable bonds is 7. The van der Waals surface area contributed by atoms with Gasteiger partial charge < -0.3 is 9.73 Å². The molecule has 0 aromatic carbocycles. The van der Waals surface area contributed by atoms with E-state index in [2.05, 4.69) is 5.32 Å². The van der Waals surface area contributed by atoms with Gasteiger partial charge in [-0.05, 0) is 6.92 Å². The number of aryl methyl sites for hydroxylation is 1. The van der Waals surface area contributed by atoms with Gasteiger partial charge in [0.15, 0.2) is 0 Å². The summed E-state index contributed by atoms with van der Waals surface area (Å²) < 4.78 is 54.9. The van der Waals surface area contributed by atoms with Crippen LogP contribution in [0.4, 0.5) is 8.78 Å². The Hall–Kier alpha value is -0.990. The van der Waals surface area contributed by atoms with Crippen molar-refractivity contribution in [1.29, 1.82) is 0 Å². The van der Waals surface area contributed by atoms with Gasteiger partial charge in [0.05, 0.1) is 13.1 Å². The first-order chi connectivity index (χ1) is 9.14. The van der Waals surface area contributed by atoms with Crippen molar-refractivity contribution in [3.05, 3.63) is 17.6 Å². The summed E-state index contributed by atoms with van der Waals surface area (Å²) >= 11 is 0. The van der Waals surface area contributed by atoms with Crippen LogP contribution in [0.15, 0.2) is 15.4 Å². The Kier molecular flexibility index (Phi) is 5.67. The van der Waals surface area contributed by atoms with Gasteiger partial charge in [-0.2, -0.15) is 4.31 Å². The van der Waals surface area contributed by atoms with Crippen molar-refractivity contribution in [2.24, 2.45) is 0 Å². The van der Waals surface area contributed by atoms with E-state index in [4.69, 9.17) is 4.42 Å². The molecule has 1 aromatic heterocycles. The summed E-state index contributed by atoms with van der Waals surface area (Å²) in [6, 6.07) is 1.60. The number of hydrogen-bond donors (Lipinski definition) is 1. The molecular weight excluding hydrogens is 290 g/mol. The number of nitrogens with one attached hydrogen (secondary N) is 1. The van der Waals surface area contributed by atoms with Crippen LogP contribution in [0.5, 0.6) is 0 Å². The van der Waals surface area contributed by atoms with Gasteiger partial charge in [0.25, 0.3) is 6.43 Å². The highest BCUT2D eigenvalue weighted by Crippen LogP contribution is 2.23. The van der Waals surface area contributed by atoms with Crippen LogP contribution in [-0.4, -0.2) is 38.8 Å². The highest BCUT2D eigenvalue weighted by Gasteiger charge is 2.27. The van der Waals surface area contributed by atoms with E-state index < -0.39 is 23.0 Å². The molecule has 0 bridgehead atoms. The second-order valence-electron chi connectivity index (χ2n) is 4.85. The number of nitrogens with zero attached hydrogens (tertiary/aromatic N) is 1. The molecule has 0 amide bonds. The van der Waals surface area contributed by atoms with Crippen molar-refractivity contribution in [1.82, 2.24) is 9.62 Å². The molecule has 1 heterocycles. The Morgan fingerprint density at radius 2 is 2.00 bits per heavy atom. The lowest BCUT2D eigenvalue weighted by Gasteiger charge is -2.15. The molecule has 0 aliphatic carbocycles. The normalized spacial score (nSPS) is 12.8. The molecule has 8 heteroatoms. The van der Waals surface area contributed by atoms with Crippen LogP contribution in [0.2, 0.25) is 0 Å². The quantitative estimate of drug-likeness (QED) is 0.836. The van der Waals surface area contributed by atoms with Crippen LogP contribution >= 0.6 is 0 Å². The van der Waals surface area contributed by atoms with E-state index in [0.717, 1.165) is 7.05 Å². The predicted octanol–water partition coefficient (Wildman–Crippen LogP) is 1.97. The topological polar surface area (TPSA) is 62.6 Å². The summed E-state index contributed by atoms with van der Waals surface area (Å²) in [5.74, 6) is 0.659. The summed E-state index contributed by atoms with van der Waals surface area (Å²) in [6.07, 6.45) is -2.72. The lowest BCUT2D eigenvalue weighted by Crippen LogP contribution is -2.31. The molecule has 5 nitrogen and oxygen atoms in total. The zero-order valence-corrected chi connectivity index (χ0v) is 12.8. The summed E-state index contributed by atoms with van der Waals surface area (Å²) in [4.78, 5) is -0.0683. The maximum atomic E-state index is 12.3. The van der Waals surface area contributed by atoms with Gasteiger partial charge in [-0.3, -0.25) is 0 Å². The zero-order valence-electron chi connectivity index (χ0n) is 12.0. The molecule has 0 radical (unpaired) electrons. The Balaban J connectivity index is 2.95. The third-order valence-electron chi connectivity index (χ3n) is 2.69. The third-order valence-corrected chi connectivity index (χ3v) is 4.62. The fraction of sp³-hybridized carbons (Fsp3) is 0.667. The molecule has 0 unspecified atom stereocenters. The van der Waals surface area contributed by atoms with Crippen LogP contribution in [0.1, 0.15) is 25.4 Å². The van der Waals surface area contributed by atoms with Crippen LogP contribution in [0.25, 0.3) is 0 Å². The lowest BCUT2D eigenvalue weighted by molar-refractivity contribution is 0.126. The summed E-state index contributed by atoms with van der Waals surface area (Å²) in [7, 11) is -2.83. The minimum Gasteiger partial charge on any atom is -0.464 e. The minimum atomic E-state index is -3.95. The fourth-order valence-electron chi connectivity index (χ4n) is 1.63. The van der Waals surface area contributed by atoms with E-state index >= 15 is 0 Å². The number of halogens is 2. The van der Waals surface area contributed by atoms with Crippen molar-refractivity contribution in [3.63, 3.8) is 0 Å². The highest BCUT2D eigenvalue weighted by atomic mass is 32.2. The standard InChI is InChI=1S/C12H20F2N2O3S/c1-8(2)15-6-10-5-11(9(3)19-10)20(17,18)16(4)7-12(13)14/h5,8,12,15H,6-7H2,1-4H3. The summed E-state index contributed by atoms with van der Waals surface area (Å²) in [5, 5.41) is 3.09. The molecule has 0 spiro atoms. The zero-order chi connectivity index (χ0) is 15.5. The van der Waals surface area contributed by atoms with Crippen LogP contribution in [0, 0.1) is 6.92 Å². The molecule has 0 aliphatic heterocycles. The largest absolute Gasteiger partial charge is 0.464 e. The molecule has 1 aromatic rings. The van der Waals surface area contributed by atoms with Crippen LogP contribution < -0.4 is 5.32 Å². The van der Waals surface area contributed by atoms with Gasteiger partial charge in [-0.1, -0.05) is 13.8 Å². The third kappa shape index (κ3) is 4.26. The molecule has 0 fully saturated rings. The Morgan fingerprint density at radius 1 is 1.40 bits per heavy atom. The second kappa shape index (κ2) is 6.64. The van der Waals surface area contributed by atoms with Crippen molar-refractivity contribution in [2.75, 3.05) is 13.6 Å². The summed E-state index contributed by atoms with van der Waals surface area (Å²) in [5.41, 5.74) is 0. The minimum absolute atomic E-state index is 0.0683. The van der Waals surface area contributed by atoms with Crippen molar-refractivity contribution >= 4 is 10.0 Å². The van der Waals surface area contributed by atoms with Crippen molar-refractivity contribution in [3.8, 4) is 0 Å². The molecule has 1 N–H and O–H groups in total. The average molecular weight is 310 g/mol. The molecule has 0 aliphatic rings. The molecular formula is C12H20F2N2O3S. The predicted molar refractivity (Wildman–Crippen MR) is 71.2 cm³/mol. The van der Waals surface area contributed by atoms with Gasteiger partial charge in [0, 0.05) is 19.2 Å². The number of sulfonamides is 1. The average Bonchev–Trinajstić information content (AvgIpc) is 2.67.